The minimum absolute atomic E-state index is 0.321. The van der Waals surface area contributed by atoms with Crippen molar-refractivity contribution < 1.29 is 116 Å². The fraction of sp³-hybridized carbons (Fsp3) is 0.371. The lowest BCUT2D eigenvalue weighted by molar-refractivity contribution is -0.456. The highest BCUT2D eigenvalue weighted by Gasteiger charge is 2.79. The molecule has 0 amide bonds. The molecule has 0 aromatic heterocycles. The molecule has 25 heteroatoms. The van der Waals surface area contributed by atoms with E-state index in [-0.39, 0.29) is 25.7 Å². The Bertz CT molecular complexity index is 1970. The number of hydrogen-bond donors (Lipinski definition) is 2. The Labute approximate surface area is 329 Å². The van der Waals surface area contributed by atoms with Crippen molar-refractivity contribution in [3.8, 4) is 0 Å². The molecular weight excluding hydrogens is 847 g/mol. The standard InChI is InChI=1S/C35H27F9O16/c1-18(45)53-29(2,33(36,37)38)54-22(46)13-9-4-3-6-10-19-23(47)55-30(56-24(19)48)14-16-31(17-15-30)57-25(49)20(26(50)58-31)11-7-5-8-12-21-27(51)59-32(34(39,40)41,35(42,43)44)60-28(21)52/h3-13,19,45,51H,1,14-17H2,2H3/b4-3+,7-5+,10-6+,12-8+,13-9-,20-11?. The van der Waals surface area contributed by atoms with Gasteiger partial charge in [-0.25, -0.2) is 19.2 Å². The van der Waals surface area contributed by atoms with Gasteiger partial charge in [0, 0.05) is 38.7 Å². The van der Waals surface area contributed by atoms with Gasteiger partial charge in [0.1, 0.15) is 11.1 Å². The summed E-state index contributed by atoms with van der Waals surface area (Å²) in [4.78, 5) is 74.7. The third kappa shape index (κ3) is 9.77. The maximum atomic E-state index is 13.2. The number of aliphatic hydroxyl groups excluding tert-OH is 2. The first kappa shape index (κ1) is 46.0. The Morgan fingerprint density at radius 1 is 0.700 bits per heavy atom. The largest absolute Gasteiger partial charge is 0.481 e. The van der Waals surface area contributed by atoms with Crippen LogP contribution in [0.15, 0.2) is 96.5 Å². The van der Waals surface area contributed by atoms with Gasteiger partial charge in [-0.15, -0.1) is 0 Å². The van der Waals surface area contributed by atoms with Gasteiger partial charge in [-0.3, -0.25) is 9.59 Å². The first-order valence-electron chi connectivity index (χ1n) is 16.4. The molecule has 3 aliphatic heterocycles. The van der Waals surface area contributed by atoms with E-state index in [9.17, 15) is 73.4 Å². The van der Waals surface area contributed by atoms with Crippen molar-refractivity contribution >= 4 is 35.8 Å². The van der Waals surface area contributed by atoms with Gasteiger partial charge in [-0.05, 0) is 18.7 Å². The predicted octanol–water partition coefficient (Wildman–Crippen LogP) is 5.51. The van der Waals surface area contributed by atoms with Crippen LogP contribution in [0.1, 0.15) is 32.6 Å². The number of carbonyl (C=O) groups excluding carboxylic acids is 6. The highest BCUT2D eigenvalue weighted by molar-refractivity contribution is 6.15. The average molecular weight is 875 g/mol. The Kier molecular flexibility index (Phi) is 12.7. The molecule has 0 aromatic carbocycles. The number of hydrogen-bond acceptors (Lipinski definition) is 16. The molecule has 16 nitrogen and oxygen atoms in total. The zero-order valence-electron chi connectivity index (χ0n) is 30.0. The van der Waals surface area contributed by atoms with Crippen molar-refractivity contribution in [1.29, 1.82) is 0 Å². The molecule has 0 aromatic rings. The second-order valence-corrected chi connectivity index (χ2v) is 12.6. The van der Waals surface area contributed by atoms with Crippen molar-refractivity contribution in [1.82, 2.24) is 0 Å². The summed E-state index contributed by atoms with van der Waals surface area (Å²) in [6.07, 6.45) is -9.33. The summed E-state index contributed by atoms with van der Waals surface area (Å²) in [7, 11) is 0. The lowest BCUT2D eigenvalue weighted by Gasteiger charge is -2.46. The van der Waals surface area contributed by atoms with E-state index in [1.807, 2.05) is 0 Å². The predicted molar refractivity (Wildman–Crippen MR) is 171 cm³/mol. The summed E-state index contributed by atoms with van der Waals surface area (Å²) < 4.78 is 155. The molecule has 4 aliphatic rings. The Hall–Kier alpha value is -6.69. The molecular formula is C35H27F9O16. The molecule has 60 heavy (non-hydrogen) atoms. The van der Waals surface area contributed by atoms with Crippen molar-refractivity contribution in [3.05, 3.63) is 96.5 Å². The van der Waals surface area contributed by atoms with E-state index < -0.39 is 106 Å². The quantitative estimate of drug-likeness (QED) is 0.0319. The fourth-order valence-corrected chi connectivity index (χ4v) is 5.28. The molecule has 4 rings (SSSR count). The van der Waals surface area contributed by atoms with Crippen LogP contribution in [0.4, 0.5) is 39.5 Å². The number of ether oxygens (including phenoxy) is 8. The van der Waals surface area contributed by atoms with Crippen LogP contribution < -0.4 is 0 Å². The first-order valence-corrected chi connectivity index (χ1v) is 16.4. The Morgan fingerprint density at radius 2 is 1.20 bits per heavy atom. The molecule has 0 bridgehead atoms. The van der Waals surface area contributed by atoms with Crippen LogP contribution in [0.5, 0.6) is 0 Å². The highest BCUT2D eigenvalue weighted by atomic mass is 19.4. The van der Waals surface area contributed by atoms with Crippen LogP contribution in [0.3, 0.4) is 0 Å². The third-order valence-corrected chi connectivity index (χ3v) is 8.27. The number of carbonyl (C=O) groups is 6. The van der Waals surface area contributed by atoms with Crippen LogP contribution in [0.25, 0.3) is 0 Å². The SMILES string of the molecule is C=C(O)OC(C)(OC(=O)\C=C/C=C/C=C/C1C(=O)OC2(CCC3(CC2)OC(=O)C(=C/C=C/C=C/C2=C(O)OC(C(F)(F)F)(C(F)(F)F)OC2=O)C(=O)O3)OC1=O)C(F)(F)F. The second-order valence-electron chi connectivity index (χ2n) is 12.6. The Balaban J connectivity index is 1.30. The minimum atomic E-state index is -6.33. The molecule has 326 valence electrons. The van der Waals surface area contributed by atoms with Crippen LogP contribution in [-0.2, 0) is 66.7 Å². The highest BCUT2D eigenvalue weighted by Crippen LogP contribution is 2.50. The zero-order valence-corrected chi connectivity index (χ0v) is 30.0. The number of cyclic esters (lactones) is 1. The Morgan fingerprint density at radius 3 is 1.68 bits per heavy atom. The van der Waals surface area contributed by atoms with E-state index in [0.29, 0.717) is 19.1 Å². The summed E-state index contributed by atoms with van der Waals surface area (Å²) in [6.45, 7) is 3.06. The van der Waals surface area contributed by atoms with Gasteiger partial charge >= 0.3 is 65.9 Å². The monoisotopic (exact) mass is 874 g/mol. The summed E-state index contributed by atoms with van der Waals surface area (Å²) in [5, 5.41) is 18.6. The number of rotatable bonds is 10. The minimum Gasteiger partial charge on any atom is -0.481 e. The molecule has 1 saturated carbocycles. The molecule has 3 fully saturated rings. The van der Waals surface area contributed by atoms with Crippen LogP contribution in [-0.4, -0.2) is 87.7 Å². The van der Waals surface area contributed by atoms with Gasteiger partial charge in [-0.2, -0.15) is 39.5 Å². The van der Waals surface area contributed by atoms with Gasteiger partial charge in [0.2, 0.25) is 0 Å². The number of halogens is 9. The van der Waals surface area contributed by atoms with Gasteiger partial charge in [0.15, 0.2) is 5.92 Å². The average Bonchev–Trinajstić information content (AvgIpc) is 3.08. The number of alkyl halides is 9. The second kappa shape index (κ2) is 16.5. The molecule has 0 radical (unpaired) electrons. The molecule has 1 atom stereocenters. The summed E-state index contributed by atoms with van der Waals surface area (Å²) in [6, 6.07) is 0. The summed E-state index contributed by atoms with van der Waals surface area (Å²) in [5.41, 5.74) is -1.95. The van der Waals surface area contributed by atoms with E-state index in [1.165, 1.54) is 6.08 Å². The van der Waals surface area contributed by atoms with E-state index in [4.69, 9.17) is 24.1 Å². The van der Waals surface area contributed by atoms with E-state index in [1.54, 1.807) is 0 Å². The van der Waals surface area contributed by atoms with Gasteiger partial charge in [0.25, 0.3) is 23.5 Å². The third-order valence-electron chi connectivity index (χ3n) is 8.27. The topological polar surface area (TPSA) is 217 Å². The van der Waals surface area contributed by atoms with Crippen molar-refractivity contribution in [2.24, 2.45) is 5.92 Å². The molecule has 1 unspecified atom stereocenters. The number of aliphatic hydroxyl groups is 2. The number of esters is 6. The van der Waals surface area contributed by atoms with Crippen molar-refractivity contribution in [3.63, 3.8) is 0 Å². The van der Waals surface area contributed by atoms with Gasteiger partial charge in [-0.1, -0.05) is 48.6 Å². The van der Waals surface area contributed by atoms with Gasteiger partial charge in [0.05, 0.1) is 0 Å². The lowest BCUT2D eigenvalue weighted by Crippen LogP contribution is -2.63. The zero-order chi connectivity index (χ0) is 45.1. The van der Waals surface area contributed by atoms with Crippen molar-refractivity contribution in [2.45, 2.75) is 74.3 Å². The van der Waals surface area contributed by atoms with Crippen LogP contribution in [0, 0.1) is 5.92 Å². The molecule has 3 heterocycles. The lowest BCUT2D eigenvalue weighted by atomic mass is 9.87. The molecule has 2 N–H and O–H groups in total. The summed E-state index contributed by atoms with van der Waals surface area (Å²) in [5.74, 6) is -26.1. The van der Waals surface area contributed by atoms with Gasteiger partial charge < -0.3 is 48.1 Å². The van der Waals surface area contributed by atoms with Crippen molar-refractivity contribution in [2.75, 3.05) is 0 Å². The maximum absolute atomic E-state index is 13.2. The molecule has 2 saturated heterocycles. The first-order chi connectivity index (χ1) is 27.6. The summed E-state index contributed by atoms with van der Waals surface area (Å²) >= 11 is 0. The molecule has 1 aliphatic carbocycles. The molecule has 2 spiro atoms. The van der Waals surface area contributed by atoms with Crippen LogP contribution in [0.2, 0.25) is 0 Å². The van der Waals surface area contributed by atoms with E-state index >= 15 is 0 Å². The fourth-order valence-electron chi connectivity index (χ4n) is 5.28. The van der Waals surface area contributed by atoms with E-state index in [0.717, 1.165) is 48.6 Å². The van der Waals surface area contributed by atoms with E-state index in [2.05, 4.69) is 25.5 Å². The smallest absolute Gasteiger partial charge is 0.478 e. The normalized spacial score (nSPS) is 26.3. The van der Waals surface area contributed by atoms with Crippen LogP contribution >= 0.6 is 0 Å². The maximum Gasteiger partial charge on any atom is 0.478 e. The number of allylic oxidation sites excluding steroid dienone is 8.